The van der Waals surface area contributed by atoms with Gasteiger partial charge in [-0.2, -0.15) is 0 Å². The van der Waals surface area contributed by atoms with Crippen molar-refractivity contribution in [2.75, 3.05) is 26.2 Å². The van der Waals surface area contributed by atoms with Gasteiger partial charge in [0.15, 0.2) is 0 Å². The quantitative estimate of drug-likeness (QED) is 0.749. The van der Waals surface area contributed by atoms with E-state index in [1.807, 2.05) is 18.7 Å². The van der Waals surface area contributed by atoms with Crippen LogP contribution in [0, 0.1) is 5.92 Å². The van der Waals surface area contributed by atoms with Crippen LogP contribution in [-0.4, -0.2) is 43.0 Å². The first kappa shape index (κ1) is 13.8. The molecular formula is C12H24F2N2. The molecule has 2 heterocycles. The van der Waals surface area contributed by atoms with Gasteiger partial charge in [-0.3, -0.25) is 4.90 Å². The molecule has 0 spiro atoms. The van der Waals surface area contributed by atoms with Crippen molar-refractivity contribution >= 4 is 0 Å². The molecule has 2 saturated heterocycles. The molecular weight excluding hydrogens is 210 g/mol. The summed E-state index contributed by atoms with van der Waals surface area (Å²) in [5, 5.41) is 3.22. The number of likely N-dealkylation sites (tertiary alicyclic amines) is 1. The van der Waals surface area contributed by atoms with Crippen molar-refractivity contribution in [3.8, 4) is 0 Å². The van der Waals surface area contributed by atoms with Crippen LogP contribution in [0.4, 0.5) is 8.78 Å². The van der Waals surface area contributed by atoms with Crippen molar-refractivity contribution in [1.82, 2.24) is 10.2 Å². The Morgan fingerprint density at radius 3 is 2.44 bits per heavy atom. The molecule has 0 bridgehead atoms. The summed E-state index contributed by atoms with van der Waals surface area (Å²) >= 11 is 0. The minimum absolute atomic E-state index is 0.0412. The van der Waals surface area contributed by atoms with Crippen LogP contribution in [-0.2, 0) is 0 Å². The molecule has 2 rings (SSSR count). The number of nitrogens with zero attached hydrogens (tertiary/aromatic N) is 1. The second kappa shape index (κ2) is 5.92. The molecule has 0 radical (unpaired) electrons. The van der Waals surface area contributed by atoms with Crippen molar-refractivity contribution in [3.05, 3.63) is 0 Å². The number of nitrogens with one attached hydrogen (secondary N) is 1. The predicted octanol–water partition coefficient (Wildman–Crippen LogP) is 2.35. The Kier molecular flexibility index (Phi) is 5.12. The lowest BCUT2D eigenvalue weighted by Crippen LogP contribution is -2.51. The Bertz CT molecular complexity index is 203. The molecule has 2 aliphatic heterocycles. The maximum atomic E-state index is 13.4. The number of alkyl halides is 2. The zero-order chi connectivity index (χ0) is 12.2. The van der Waals surface area contributed by atoms with E-state index in [0.717, 1.165) is 26.1 Å². The standard InChI is InChI=1S/C10H18F2N2.C2H6/c1-8-3-5-14(7-10(8,11)12)9-2-4-13-6-9;1-2/h8-9,13H,2-7H2,1H3;1-2H3. The molecule has 2 unspecified atom stereocenters. The molecule has 0 saturated carbocycles. The van der Waals surface area contributed by atoms with Crippen LogP contribution in [0.15, 0.2) is 0 Å². The Labute approximate surface area is 97.4 Å². The Balaban J connectivity index is 0.000000606. The maximum absolute atomic E-state index is 13.4. The summed E-state index contributed by atoms with van der Waals surface area (Å²) < 4.78 is 26.9. The lowest BCUT2D eigenvalue weighted by Gasteiger charge is -2.39. The minimum Gasteiger partial charge on any atom is -0.315 e. The SMILES string of the molecule is CC.CC1CCN(C2CCNC2)CC1(F)F. The number of hydrogen-bond acceptors (Lipinski definition) is 2. The molecule has 2 nitrogen and oxygen atoms in total. The van der Waals surface area contributed by atoms with Gasteiger partial charge in [-0.05, 0) is 25.9 Å². The smallest absolute Gasteiger partial charge is 0.263 e. The molecule has 96 valence electrons. The maximum Gasteiger partial charge on any atom is 0.263 e. The van der Waals surface area contributed by atoms with E-state index in [9.17, 15) is 8.78 Å². The molecule has 2 atom stereocenters. The van der Waals surface area contributed by atoms with Crippen LogP contribution in [0.5, 0.6) is 0 Å². The average molecular weight is 234 g/mol. The molecule has 0 aromatic rings. The Morgan fingerprint density at radius 2 is 1.94 bits per heavy atom. The van der Waals surface area contributed by atoms with Gasteiger partial charge in [-0.15, -0.1) is 0 Å². The summed E-state index contributed by atoms with van der Waals surface area (Å²) in [7, 11) is 0. The van der Waals surface area contributed by atoms with E-state index in [-0.39, 0.29) is 6.54 Å². The molecule has 0 aromatic heterocycles. The minimum atomic E-state index is -2.49. The van der Waals surface area contributed by atoms with Crippen molar-refractivity contribution < 1.29 is 8.78 Å². The summed E-state index contributed by atoms with van der Waals surface area (Å²) in [4.78, 5) is 1.96. The fraction of sp³-hybridized carbons (Fsp3) is 1.00. The van der Waals surface area contributed by atoms with Gasteiger partial charge in [0.2, 0.25) is 0 Å². The summed E-state index contributed by atoms with van der Waals surface area (Å²) in [6.07, 6.45) is 1.65. The molecule has 1 N–H and O–H groups in total. The summed E-state index contributed by atoms with van der Waals surface area (Å²) in [5.41, 5.74) is 0. The van der Waals surface area contributed by atoms with Crippen LogP contribution < -0.4 is 5.32 Å². The van der Waals surface area contributed by atoms with Gasteiger partial charge in [0, 0.05) is 18.5 Å². The normalized spacial score (nSPS) is 34.3. The monoisotopic (exact) mass is 234 g/mol. The molecule has 2 fully saturated rings. The van der Waals surface area contributed by atoms with Crippen LogP contribution in [0.3, 0.4) is 0 Å². The van der Waals surface area contributed by atoms with Crippen LogP contribution in [0.1, 0.15) is 33.6 Å². The largest absolute Gasteiger partial charge is 0.315 e. The van der Waals surface area contributed by atoms with Gasteiger partial charge < -0.3 is 5.32 Å². The first-order chi connectivity index (χ1) is 7.59. The van der Waals surface area contributed by atoms with Crippen LogP contribution in [0.25, 0.3) is 0 Å². The topological polar surface area (TPSA) is 15.3 Å². The van der Waals surface area contributed by atoms with E-state index >= 15 is 0 Å². The van der Waals surface area contributed by atoms with E-state index in [2.05, 4.69) is 5.32 Å². The van der Waals surface area contributed by atoms with Crippen LogP contribution >= 0.6 is 0 Å². The van der Waals surface area contributed by atoms with Gasteiger partial charge in [0.05, 0.1) is 6.54 Å². The van der Waals surface area contributed by atoms with E-state index in [1.54, 1.807) is 6.92 Å². The summed E-state index contributed by atoms with van der Waals surface area (Å²) in [6.45, 7) is 8.31. The lowest BCUT2D eigenvalue weighted by molar-refractivity contribution is -0.112. The third-order valence-electron chi connectivity index (χ3n) is 3.53. The van der Waals surface area contributed by atoms with Gasteiger partial charge in [-0.25, -0.2) is 8.78 Å². The van der Waals surface area contributed by atoms with Crippen molar-refractivity contribution in [1.29, 1.82) is 0 Å². The van der Waals surface area contributed by atoms with E-state index in [4.69, 9.17) is 0 Å². The fourth-order valence-corrected chi connectivity index (χ4v) is 2.34. The Hall–Kier alpha value is -0.220. The predicted molar refractivity (Wildman–Crippen MR) is 62.9 cm³/mol. The fourth-order valence-electron chi connectivity index (χ4n) is 2.34. The highest BCUT2D eigenvalue weighted by atomic mass is 19.3. The van der Waals surface area contributed by atoms with Gasteiger partial charge >= 0.3 is 0 Å². The summed E-state index contributed by atoms with van der Waals surface area (Å²) in [5.74, 6) is -2.94. The molecule has 0 aromatic carbocycles. The lowest BCUT2D eigenvalue weighted by atomic mass is 9.93. The van der Waals surface area contributed by atoms with E-state index < -0.39 is 11.8 Å². The number of piperidine rings is 1. The second-order valence-corrected chi connectivity index (χ2v) is 4.57. The van der Waals surface area contributed by atoms with Gasteiger partial charge in [-0.1, -0.05) is 20.8 Å². The molecule has 16 heavy (non-hydrogen) atoms. The highest BCUT2D eigenvalue weighted by Crippen LogP contribution is 2.33. The van der Waals surface area contributed by atoms with Gasteiger partial charge in [0.25, 0.3) is 5.92 Å². The third-order valence-corrected chi connectivity index (χ3v) is 3.53. The summed E-state index contributed by atoms with van der Waals surface area (Å²) in [6, 6.07) is 0.341. The van der Waals surface area contributed by atoms with E-state index in [1.165, 1.54) is 0 Å². The molecule has 2 aliphatic rings. The molecule has 0 aliphatic carbocycles. The van der Waals surface area contributed by atoms with Crippen molar-refractivity contribution in [2.24, 2.45) is 5.92 Å². The van der Waals surface area contributed by atoms with E-state index in [0.29, 0.717) is 12.5 Å². The highest BCUT2D eigenvalue weighted by molar-refractivity contribution is 4.90. The Morgan fingerprint density at radius 1 is 1.25 bits per heavy atom. The van der Waals surface area contributed by atoms with Crippen molar-refractivity contribution in [2.45, 2.75) is 45.6 Å². The molecule has 4 heteroatoms. The number of rotatable bonds is 1. The number of hydrogen-bond donors (Lipinski definition) is 1. The van der Waals surface area contributed by atoms with Gasteiger partial charge in [0.1, 0.15) is 0 Å². The zero-order valence-electron chi connectivity index (χ0n) is 10.6. The zero-order valence-corrected chi connectivity index (χ0v) is 10.6. The first-order valence-corrected chi connectivity index (χ1v) is 6.42. The molecule has 0 amide bonds. The average Bonchev–Trinajstić information content (AvgIpc) is 2.78. The third kappa shape index (κ3) is 3.14. The second-order valence-electron chi connectivity index (χ2n) is 4.57. The van der Waals surface area contributed by atoms with Crippen molar-refractivity contribution in [3.63, 3.8) is 0 Å². The van der Waals surface area contributed by atoms with Crippen LogP contribution in [0.2, 0.25) is 0 Å². The first-order valence-electron chi connectivity index (χ1n) is 6.42. The number of halogens is 2. The highest BCUT2D eigenvalue weighted by Gasteiger charge is 2.43.